The first-order valence-electron chi connectivity index (χ1n) is 6.06. The minimum absolute atomic E-state index is 0.0227. The summed E-state index contributed by atoms with van der Waals surface area (Å²) in [5.74, 6) is 0.853. The zero-order valence-corrected chi connectivity index (χ0v) is 10.3. The van der Waals surface area contributed by atoms with Crippen LogP contribution in [-0.2, 0) is 0 Å². The number of nitrogens with one attached hydrogen (secondary N) is 1. The molecule has 2 fully saturated rings. The maximum atomic E-state index is 8.91. The van der Waals surface area contributed by atoms with Gasteiger partial charge in [-0.25, -0.2) is 0 Å². The highest BCUT2D eigenvalue weighted by atomic mass is 15.0. The molecule has 2 nitrogen and oxygen atoms in total. The van der Waals surface area contributed by atoms with Gasteiger partial charge in [0.2, 0.25) is 0 Å². The highest BCUT2D eigenvalue weighted by Gasteiger charge is 2.59. The van der Waals surface area contributed by atoms with Crippen molar-refractivity contribution in [2.45, 2.75) is 59.0 Å². The summed E-state index contributed by atoms with van der Waals surface area (Å²) >= 11 is 0. The third kappa shape index (κ3) is 1.49. The second-order valence-corrected chi connectivity index (χ2v) is 6.37. The average Bonchev–Trinajstić information content (AvgIpc) is 2.63. The molecule has 1 N–H and O–H groups in total. The molecule has 4 unspecified atom stereocenters. The van der Waals surface area contributed by atoms with Gasteiger partial charge in [-0.2, -0.15) is 5.26 Å². The molecular formula is C13H22N2. The Bertz CT molecular complexity index is 297. The molecule has 0 aliphatic heterocycles. The number of fused-ring (bicyclic) bond motifs is 2. The molecule has 0 saturated heterocycles. The van der Waals surface area contributed by atoms with Crippen LogP contribution in [0.1, 0.15) is 47.0 Å². The molecule has 0 heterocycles. The Morgan fingerprint density at radius 1 is 1.40 bits per heavy atom. The van der Waals surface area contributed by atoms with E-state index in [1.807, 2.05) is 6.92 Å². The lowest BCUT2D eigenvalue weighted by molar-refractivity contribution is 0.105. The first kappa shape index (κ1) is 11.0. The average molecular weight is 206 g/mol. The van der Waals surface area contributed by atoms with Gasteiger partial charge in [-0.3, -0.25) is 5.32 Å². The van der Waals surface area contributed by atoms with E-state index in [1.165, 1.54) is 19.3 Å². The van der Waals surface area contributed by atoms with Crippen molar-refractivity contribution < 1.29 is 0 Å². The predicted molar refractivity (Wildman–Crippen MR) is 61.2 cm³/mol. The Labute approximate surface area is 93.0 Å². The van der Waals surface area contributed by atoms with E-state index in [9.17, 15) is 0 Å². The standard InChI is InChI=1S/C13H22N2/c1-9(8-14)15-11-12(2,3)10-5-6-13(11,4)7-10/h9-11,15H,5-7H2,1-4H3. The fraction of sp³-hybridized carbons (Fsp3) is 0.923. The smallest absolute Gasteiger partial charge is 0.0926 e. The van der Waals surface area contributed by atoms with Crippen LogP contribution in [0.5, 0.6) is 0 Å². The van der Waals surface area contributed by atoms with Crippen molar-refractivity contribution in [3.63, 3.8) is 0 Å². The van der Waals surface area contributed by atoms with Gasteiger partial charge >= 0.3 is 0 Å². The topological polar surface area (TPSA) is 35.8 Å². The van der Waals surface area contributed by atoms with Gasteiger partial charge in [0.05, 0.1) is 12.1 Å². The van der Waals surface area contributed by atoms with E-state index in [0.29, 0.717) is 16.9 Å². The van der Waals surface area contributed by atoms with Crippen LogP contribution in [0.4, 0.5) is 0 Å². The third-order valence-corrected chi connectivity index (χ3v) is 4.88. The van der Waals surface area contributed by atoms with Crippen molar-refractivity contribution in [1.82, 2.24) is 5.32 Å². The molecule has 2 rings (SSSR count). The quantitative estimate of drug-likeness (QED) is 0.754. The van der Waals surface area contributed by atoms with Gasteiger partial charge in [-0.1, -0.05) is 20.8 Å². The molecule has 0 aromatic heterocycles. The maximum absolute atomic E-state index is 8.91. The van der Waals surface area contributed by atoms with Gasteiger partial charge in [-0.05, 0) is 42.9 Å². The zero-order chi connectivity index (χ0) is 11.3. The van der Waals surface area contributed by atoms with Gasteiger partial charge < -0.3 is 0 Å². The summed E-state index contributed by atoms with van der Waals surface area (Å²) in [5.41, 5.74) is 0.789. The van der Waals surface area contributed by atoms with Crippen LogP contribution in [0.3, 0.4) is 0 Å². The van der Waals surface area contributed by atoms with Crippen LogP contribution in [0.2, 0.25) is 0 Å². The molecule has 4 atom stereocenters. The first-order valence-corrected chi connectivity index (χ1v) is 6.06. The summed E-state index contributed by atoms with van der Waals surface area (Å²) in [6, 6.07) is 2.78. The van der Waals surface area contributed by atoms with Crippen LogP contribution in [0, 0.1) is 28.1 Å². The second-order valence-electron chi connectivity index (χ2n) is 6.37. The van der Waals surface area contributed by atoms with E-state index < -0.39 is 0 Å². The van der Waals surface area contributed by atoms with Crippen molar-refractivity contribution in [2.24, 2.45) is 16.7 Å². The van der Waals surface area contributed by atoms with Crippen LogP contribution in [0.15, 0.2) is 0 Å². The summed E-state index contributed by atoms with van der Waals surface area (Å²) in [7, 11) is 0. The molecule has 2 aliphatic carbocycles. The summed E-state index contributed by atoms with van der Waals surface area (Å²) in [5, 5.41) is 12.4. The maximum Gasteiger partial charge on any atom is 0.0926 e. The molecule has 2 bridgehead atoms. The summed E-state index contributed by atoms with van der Waals surface area (Å²) in [6.07, 6.45) is 4.05. The molecule has 2 heteroatoms. The highest BCUT2D eigenvalue weighted by molar-refractivity contribution is 5.13. The Hall–Kier alpha value is -0.550. The summed E-state index contributed by atoms with van der Waals surface area (Å²) in [6.45, 7) is 9.09. The van der Waals surface area contributed by atoms with Gasteiger partial charge in [0.25, 0.3) is 0 Å². The van der Waals surface area contributed by atoms with E-state index in [4.69, 9.17) is 5.26 Å². The Balaban J connectivity index is 2.20. The number of hydrogen-bond donors (Lipinski definition) is 1. The number of nitriles is 1. The second kappa shape index (κ2) is 3.22. The van der Waals surface area contributed by atoms with Crippen LogP contribution < -0.4 is 5.32 Å². The van der Waals surface area contributed by atoms with E-state index in [-0.39, 0.29) is 6.04 Å². The van der Waals surface area contributed by atoms with Gasteiger partial charge in [0.15, 0.2) is 0 Å². The van der Waals surface area contributed by atoms with E-state index in [1.54, 1.807) is 0 Å². The molecule has 0 aromatic rings. The SMILES string of the molecule is CC(C#N)NC1C2(C)CCC(C2)C1(C)C. The van der Waals surface area contributed by atoms with Gasteiger partial charge in [0, 0.05) is 6.04 Å². The van der Waals surface area contributed by atoms with E-state index in [2.05, 4.69) is 32.2 Å². The Morgan fingerprint density at radius 2 is 2.07 bits per heavy atom. The summed E-state index contributed by atoms with van der Waals surface area (Å²) < 4.78 is 0. The number of hydrogen-bond acceptors (Lipinski definition) is 2. The third-order valence-electron chi connectivity index (χ3n) is 4.88. The van der Waals surface area contributed by atoms with Crippen molar-refractivity contribution in [1.29, 1.82) is 5.26 Å². The molecular weight excluding hydrogens is 184 g/mol. The lowest BCUT2D eigenvalue weighted by atomic mass is 9.68. The van der Waals surface area contributed by atoms with E-state index >= 15 is 0 Å². The molecule has 84 valence electrons. The lowest BCUT2D eigenvalue weighted by Gasteiger charge is -2.43. The lowest BCUT2D eigenvalue weighted by Crippen LogP contribution is -2.52. The minimum atomic E-state index is -0.0227. The molecule has 2 saturated carbocycles. The molecule has 2 aliphatic rings. The van der Waals surface area contributed by atoms with Crippen molar-refractivity contribution >= 4 is 0 Å². The Morgan fingerprint density at radius 3 is 2.53 bits per heavy atom. The first-order chi connectivity index (χ1) is 6.90. The molecule has 15 heavy (non-hydrogen) atoms. The fourth-order valence-corrected chi connectivity index (χ4v) is 4.01. The van der Waals surface area contributed by atoms with Crippen LogP contribution in [0.25, 0.3) is 0 Å². The van der Waals surface area contributed by atoms with E-state index in [0.717, 1.165) is 5.92 Å². The molecule has 0 spiro atoms. The zero-order valence-electron chi connectivity index (χ0n) is 10.3. The number of nitrogens with zero attached hydrogens (tertiary/aromatic N) is 1. The van der Waals surface area contributed by atoms with Crippen molar-refractivity contribution in [3.8, 4) is 6.07 Å². The molecule has 0 radical (unpaired) electrons. The van der Waals surface area contributed by atoms with Gasteiger partial charge in [0.1, 0.15) is 0 Å². The minimum Gasteiger partial charge on any atom is -0.298 e. The molecule has 0 amide bonds. The molecule has 0 aromatic carbocycles. The Kier molecular flexibility index (Phi) is 2.35. The predicted octanol–water partition coefficient (Wildman–Crippen LogP) is 2.70. The number of rotatable bonds is 2. The monoisotopic (exact) mass is 206 g/mol. The van der Waals surface area contributed by atoms with Crippen molar-refractivity contribution in [3.05, 3.63) is 0 Å². The van der Waals surface area contributed by atoms with Crippen LogP contribution >= 0.6 is 0 Å². The van der Waals surface area contributed by atoms with Gasteiger partial charge in [-0.15, -0.1) is 0 Å². The van der Waals surface area contributed by atoms with Crippen molar-refractivity contribution in [2.75, 3.05) is 0 Å². The summed E-state index contributed by atoms with van der Waals surface area (Å²) in [4.78, 5) is 0. The van der Waals surface area contributed by atoms with Crippen LogP contribution in [-0.4, -0.2) is 12.1 Å². The largest absolute Gasteiger partial charge is 0.298 e. The highest BCUT2D eigenvalue weighted by Crippen LogP contribution is 2.62. The normalized spacial score (nSPS) is 43.9. The fourth-order valence-electron chi connectivity index (χ4n) is 4.01.